The van der Waals surface area contributed by atoms with Gasteiger partial charge in [0.05, 0.1) is 19.5 Å². The summed E-state index contributed by atoms with van der Waals surface area (Å²) in [7, 11) is -3.36. The monoisotopic (exact) mass is 291 g/mol. The Morgan fingerprint density at radius 2 is 2.06 bits per heavy atom. The summed E-state index contributed by atoms with van der Waals surface area (Å²) in [5.41, 5.74) is 0. The Bertz CT molecular complexity index is 529. The molecule has 0 unspecified atom stereocenters. The van der Waals surface area contributed by atoms with Gasteiger partial charge in [-0.2, -0.15) is 0 Å². The number of nitrogens with one attached hydrogen (secondary N) is 1. The van der Waals surface area contributed by atoms with Gasteiger partial charge in [-0.3, -0.25) is 4.72 Å². The highest BCUT2D eigenvalue weighted by molar-refractivity contribution is 7.92. The van der Waals surface area contributed by atoms with Gasteiger partial charge in [-0.15, -0.1) is 0 Å². The smallest absolute Gasteiger partial charge is 0.230 e. The van der Waals surface area contributed by atoms with Gasteiger partial charge in [-0.1, -0.05) is 11.6 Å². The number of sulfonamides is 1. The van der Waals surface area contributed by atoms with Gasteiger partial charge in [-0.25, -0.2) is 13.4 Å². The van der Waals surface area contributed by atoms with Gasteiger partial charge in [0, 0.05) is 24.2 Å². The van der Waals surface area contributed by atoms with Crippen molar-refractivity contribution in [2.45, 2.75) is 0 Å². The number of halogens is 1. The first kappa shape index (κ1) is 13.4. The van der Waals surface area contributed by atoms with Gasteiger partial charge in [0.1, 0.15) is 11.6 Å². The molecule has 1 fully saturated rings. The first-order chi connectivity index (χ1) is 8.44. The van der Waals surface area contributed by atoms with Crippen LogP contribution < -0.4 is 9.62 Å². The fourth-order valence-corrected chi connectivity index (χ4v) is 2.37. The third-order valence-corrected chi connectivity index (χ3v) is 3.20. The molecule has 1 saturated heterocycles. The van der Waals surface area contributed by atoms with Crippen LogP contribution in [0, 0.1) is 0 Å². The van der Waals surface area contributed by atoms with E-state index in [2.05, 4.69) is 9.71 Å². The fraction of sp³-hybridized carbons (Fsp3) is 0.500. The van der Waals surface area contributed by atoms with Crippen molar-refractivity contribution in [3.05, 3.63) is 17.2 Å². The summed E-state index contributed by atoms with van der Waals surface area (Å²) in [6.07, 6.45) is 1.07. The van der Waals surface area contributed by atoms with Crippen LogP contribution >= 0.6 is 11.6 Å². The standard InChI is InChI=1S/C10H14ClN3O3S/c1-18(15,16)13-9-6-8(11)7-10(12-9)14-2-4-17-5-3-14/h6-7H,2-5H2,1H3,(H,12,13). The maximum absolute atomic E-state index is 11.2. The minimum absolute atomic E-state index is 0.228. The number of hydrogen-bond donors (Lipinski definition) is 1. The lowest BCUT2D eigenvalue weighted by Gasteiger charge is -2.28. The normalized spacial score (nSPS) is 16.7. The Hall–Kier alpha value is -1.05. The third kappa shape index (κ3) is 3.72. The molecular formula is C10H14ClN3O3S. The summed E-state index contributed by atoms with van der Waals surface area (Å²) in [5, 5.41) is 0.442. The molecule has 0 aromatic carbocycles. The van der Waals surface area contributed by atoms with Crippen molar-refractivity contribution in [3.8, 4) is 0 Å². The molecular weight excluding hydrogens is 278 g/mol. The van der Waals surface area contributed by atoms with Gasteiger partial charge in [0.15, 0.2) is 0 Å². The number of aromatic nitrogens is 1. The Kier molecular flexibility index (Phi) is 3.94. The summed E-state index contributed by atoms with van der Waals surface area (Å²) in [6, 6.07) is 3.19. The first-order valence-electron chi connectivity index (χ1n) is 5.42. The van der Waals surface area contributed by atoms with Crippen LogP contribution in [0.2, 0.25) is 5.02 Å². The molecule has 0 spiro atoms. The molecule has 2 heterocycles. The lowest BCUT2D eigenvalue weighted by molar-refractivity contribution is 0.122. The van der Waals surface area contributed by atoms with E-state index in [-0.39, 0.29) is 5.82 Å². The molecule has 0 bridgehead atoms. The molecule has 100 valence electrons. The molecule has 1 N–H and O–H groups in total. The van der Waals surface area contributed by atoms with Crippen molar-refractivity contribution in [2.24, 2.45) is 0 Å². The number of hydrogen-bond acceptors (Lipinski definition) is 5. The molecule has 2 rings (SSSR count). The van der Waals surface area contributed by atoms with E-state index >= 15 is 0 Å². The van der Waals surface area contributed by atoms with Crippen molar-refractivity contribution in [3.63, 3.8) is 0 Å². The Balaban J connectivity index is 2.25. The zero-order valence-corrected chi connectivity index (χ0v) is 11.5. The highest BCUT2D eigenvalue weighted by atomic mass is 35.5. The molecule has 0 saturated carbocycles. The maximum Gasteiger partial charge on any atom is 0.230 e. The average Bonchev–Trinajstić information content (AvgIpc) is 2.27. The fourth-order valence-electron chi connectivity index (χ4n) is 1.68. The van der Waals surface area contributed by atoms with Crippen molar-refractivity contribution in [1.82, 2.24) is 4.98 Å². The van der Waals surface area contributed by atoms with Crippen LogP contribution in [0.5, 0.6) is 0 Å². The molecule has 0 amide bonds. The Morgan fingerprint density at radius 1 is 1.39 bits per heavy atom. The number of pyridine rings is 1. The number of nitrogens with zero attached hydrogens (tertiary/aromatic N) is 2. The number of rotatable bonds is 3. The predicted molar refractivity (Wildman–Crippen MR) is 70.7 cm³/mol. The van der Waals surface area contributed by atoms with Gasteiger partial charge >= 0.3 is 0 Å². The lowest BCUT2D eigenvalue weighted by atomic mass is 10.3. The molecule has 1 aliphatic heterocycles. The second kappa shape index (κ2) is 5.29. The van der Waals surface area contributed by atoms with Gasteiger partial charge in [0.2, 0.25) is 10.0 Å². The second-order valence-electron chi connectivity index (χ2n) is 4.00. The van der Waals surface area contributed by atoms with E-state index in [1.807, 2.05) is 4.90 Å². The van der Waals surface area contributed by atoms with Crippen molar-refractivity contribution in [2.75, 3.05) is 42.2 Å². The SMILES string of the molecule is CS(=O)(=O)Nc1cc(Cl)cc(N2CCOCC2)n1. The van der Waals surface area contributed by atoms with Crippen LogP contribution in [0.3, 0.4) is 0 Å². The average molecular weight is 292 g/mol. The molecule has 0 radical (unpaired) electrons. The minimum atomic E-state index is -3.36. The van der Waals surface area contributed by atoms with E-state index in [0.717, 1.165) is 6.26 Å². The van der Waals surface area contributed by atoms with E-state index in [1.165, 1.54) is 6.07 Å². The first-order valence-corrected chi connectivity index (χ1v) is 7.69. The summed E-state index contributed by atoms with van der Waals surface area (Å²) in [6.45, 7) is 2.68. The lowest BCUT2D eigenvalue weighted by Crippen LogP contribution is -2.36. The van der Waals surface area contributed by atoms with E-state index in [9.17, 15) is 8.42 Å². The minimum Gasteiger partial charge on any atom is -0.378 e. The summed E-state index contributed by atoms with van der Waals surface area (Å²) >= 11 is 5.97. The van der Waals surface area contributed by atoms with Crippen LogP contribution in [-0.4, -0.2) is 46.0 Å². The number of morpholine rings is 1. The van der Waals surface area contributed by atoms with Crippen LogP contribution in [0.25, 0.3) is 0 Å². The van der Waals surface area contributed by atoms with Crippen molar-refractivity contribution < 1.29 is 13.2 Å². The topological polar surface area (TPSA) is 71.5 Å². The number of anilines is 2. The van der Waals surface area contributed by atoms with Gasteiger partial charge in [0.25, 0.3) is 0 Å². The molecule has 18 heavy (non-hydrogen) atoms. The van der Waals surface area contributed by atoms with Crippen LogP contribution in [0.4, 0.5) is 11.6 Å². The van der Waals surface area contributed by atoms with E-state index in [1.54, 1.807) is 6.07 Å². The molecule has 0 aliphatic carbocycles. The Morgan fingerprint density at radius 3 is 2.67 bits per heavy atom. The quantitative estimate of drug-likeness (QED) is 0.897. The van der Waals surface area contributed by atoms with Crippen molar-refractivity contribution in [1.29, 1.82) is 0 Å². The van der Waals surface area contributed by atoms with Crippen LogP contribution in [-0.2, 0) is 14.8 Å². The van der Waals surface area contributed by atoms with E-state index in [0.29, 0.717) is 37.1 Å². The summed E-state index contributed by atoms with van der Waals surface area (Å²) in [4.78, 5) is 6.24. The van der Waals surface area contributed by atoms with E-state index < -0.39 is 10.0 Å². The molecule has 6 nitrogen and oxygen atoms in total. The summed E-state index contributed by atoms with van der Waals surface area (Å²) < 4.78 is 29.9. The van der Waals surface area contributed by atoms with Crippen molar-refractivity contribution >= 4 is 33.3 Å². The molecule has 1 aromatic heterocycles. The third-order valence-electron chi connectivity index (χ3n) is 2.40. The van der Waals surface area contributed by atoms with Gasteiger partial charge < -0.3 is 9.64 Å². The maximum atomic E-state index is 11.2. The van der Waals surface area contributed by atoms with Crippen LogP contribution in [0.1, 0.15) is 0 Å². The van der Waals surface area contributed by atoms with Crippen LogP contribution in [0.15, 0.2) is 12.1 Å². The largest absolute Gasteiger partial charge is 0.378 e. The second-order valence-corrected chi connectivity index (χ2v) is 6.19. The molecule has 1 aromatic rings. The molecule has 0 atom stereocenters. The van der Waals surface area contributed by atoms with E-state index in [4.69, 9.17) is 16.3 Å². The zero-order valence-electron chi connectivity index (χ0n) is 9.89. The highest BCUT2D eigenvalue weighted by Gasteiger charge is 2.14. The Labute approximate surface area is 111 Å². The molecule has 8 heteroatoms. The predicted octanol–water partition coefficient (Wildman–Crippen LogP) is 0.943. The summed E-state index contributed by atoms with van der Waals surface area (Å²) in [5.74, 6) is 0.878. The number of ether oxygens (including phenoxy) is 1. The van der Waals surface area contributed by atoms with Gasteiger partial charge in [-0.05, 0) is 6.07 Å². The molecule has 1 aliphatic rings. The zero-order chi connectivity index (χ0) is 13.2. The highest BCUT2D eigenvalue weighted by Crippen LogP contribution is 2.22.